The van der Waals surface area contributed by atoms with E-state index in [-0.39, 0.29) is 0 Å². The van der Waals surface area contributed by atoms with E-state index in [9.17, 15) is 0 Å². The van der Waals surface area contributed by atoms with Gasteiger partial charge in [-0.1, -0.05) is 6.07 Å². The molecule has 16 heavy (non-hydrogen) atoms. The molecule has 0 amide bonds. The van der Waals surface area contributed by atoms with Gasteiger partial charge in [0.2, 0.25) is 0 Å². The highest BCUT2D eigenvalue weighted by Crippen LogP contribution is 2.31. The van der Waals surface area contributed by atoms with E-state index in [1.165, 1.54) is 9.13 Å². The standard InChI is InChI=1S/C13H14INO/c1-4-16-11-6-5-8(2)13-12(11)10(14)7-9(3)15-13/h5-7H,4H2,1-3H3. The van der Waals surface area contributed by atoms with Gasteiger partial charge >= 0.3 is 0 Å². The Bertz CT molecular complexity index is 537. The second-order valence-corrected chi connectivity index (χ2v) is 4.94. The Morgan fingerprint density at radius 1 is 1.31 bits per heavy atom. The van der Waals surface area contributed by atoms with Crippen molar-refractivity contribution in [3.63, 3.8) is 0 Å². The molecule has 0 saturated carbocycles. The predicted molar refractivity (Wildman–Crippen MR) is 75.1 cm³/mol. The lowest BCUT2D eigenvalue weighted by Gasteiger charge is -2.11. The van der Waals surface area contributed by atoms with Crippen LogP contribution in [-0.2, 0) is 0 Å². The highest BCUT2D eigenvalue weighted by atomic mass is 127. The summed E-state index contributed by atoms with van der Waals surface area (Å²) in [6.07, 6.45) is 0. The van der Waals surface area contributed by atoms with Gasteiger partial charge in [-0.15, -0.1) is 0 Å². The van der Waals surface area contributed by atoms with Crippen molar-refractivity contribution in [2.75, 3.05) is 6.61 Å². The summed E-state index contributed by atoms with van der Waals surface area (Å²) in [4.78, 5) is 4.59. The molecule has 0 aliphatic heterocycles. The summed E-state index contributed by atoms with van der Waals surface area (Å²) in [6.45, 7) is 6.79. The minimum absolute atomic E-state index is 0.683. The molecule has 84 valence electrons. The van der Waals surface area contributed by atoms with Crippen molar-refractivity contribution in [2.45, 2.75) is 20.8 Å². The van der Waals surface area contributed by atoms with E-state index in [1.807, 2.05) is 19.9 Å². The molecule has 2 nitrogen and oxygen atoms in total. The van der Waals surface area contributed by atoms with Crippen molar-refractivity contribution in [1.82, 2.24) is 4.98 Å². The number of ether oxygens (including phenoxy) is 1. The molecular formula is C13H14INO. The van der Waals surface area contributed by atoms with Crippen LogP contribution < -0.4 is 4.74 Å². The van der Waals surface area contributed by atoms with E-state index in [2.05, 4.69) is 46.6 Å². The van der Waals surface area contributed by atoms with Gasteiger partial charge in [-0.3, -0.25) is 4.98 Å². The minimum atomic E-state index is 0.683. The lowest BCUT2D eigenvalue weighted by atomic mass is 10.1. The third-order valence-electron chi connectivity index (χ3n) is 2.50. The topological polar surface area (TPSA) is 22.1 Å². The van der Waals surface area contributed by atoms with Gasteiger partial charge in [0, 0.05) is 9.26 Å². The monoisotopic (exact) mass is 327 g/mol. The molecule has 1 heterocycles. The van der Waals surface area contributed by atoms with Crippen LogP contribution in [0.25, 0.3) is 10.9 Å². The molecule has 0 aliphatic rings. The maximum absolute atomic E-state index is 5.65. The van der Waals surface area contributed by atoms with Crippen molar-refractivity contribution in [3.05, 3.63) is 33.0 Å². The van der Waals surface area contributed by atoms with Gasteiger partial charge in [0.1, 0.15) is 5.75 Å². The number of hydrogen-bond acceptors (Lipinski definition) is 2. The van der Waals surface area contributed by atoms with Crippen molar-refractivity contribution in [2.24, 2.45) is 0 Å². The van der Waals surface area contributed by atoms with E-state index >= 15 is 0 Å². The second kappa shape index (κ2) is 4.57. The van der Waals surface area contributed by atoms with Crippen LogP contribution >= 0.6 is 22.6 Å². The minimum Gasteiger partial charge on any atom is -0.493 e. The lowest BCUT2D eigenvalue weighted by molar-refractivity contribution is 0.344. The number of halogens is 1. The van der Waals surface area contributed by atoms with Crippen LogP contribution in [0.1, 0.15) is 18.2 Å². The molecule has 0 bridgehead atoms. The summed E-state index contributed by atoms with van der Waals surface area (Å²) in [5.41, 5.74) is 3.30. The van der Waals surface area contributed by atoms with Crippen LogP contribution in [0.5, 0.6) is 5.75 Å². The maximum atomic E-state index is 5.65. The van der Waals surface area contributed by atoms with Crippen LogP contribution in [-0.4, -0.2) is 11.6 Å². The Kier molecular flexibility index (Phi) is 3.33. The number of benzene rings is 1. The van der Waals surface area contributed by atoms with Crippen LogP contribution in [0.3, 0.4) is 0 Å². The first-order chi connectivity index (χ1) is 7.63. The Labute approximate surface area is 109 Å². The van der Waals surface area contributed by atoms with E-state index in [0.717, 1.165) is 22.3 Å². The molecular weight excluding hydrogens is 313 g/mol. The third-order valence-corrected chi connectivity index (χ3v) is 3.35. The molecule has 0 spiro atoms. The number of hydrogen-bond donors (Lipinski definition) is 0. The van der Waals surface area contributed by atoms with E-state index < -0.39 is 0 Å². The molecule has 0 unspecified atom stereocenters. The first-order valence-corrected chi connectivity index (χ1v) is 6.40. The second-order valence-electron chi connectivity index (χ2n) is 3.78. The lowest BCUT2D eigenvalue weighted by Crippen LogP contribution is -1.97. The van der Waals surface area contributed by atoms with Crippen LogP contribution in [0.4, 0.5) is 0 Å². The smallest absolute Gasteiger partial charge is 0.129 e. The summed E-state index contributed by atoms with van der Waals surface area (Å²) >= 11 is 2.35. The fourth-order valence-electron chi connectivity index (χ4n) is 1.79. The highest BCUT2D eigenvalue weighted by molar-refractivity contribution is 14.1. The molecule has 2 rings (SSSR count). The number of nitrogens with zero attached hydrogens (tertiary/aromatic N) is 1. The van der Waals surface area contributed by atoms with Gasteiger partial charge in [-0.05, 0) is 61.1 Å². The molecule has 1 aromatic heterocycles. The molecule has 0 atom stereocenters. The van der Waals surface area contributed by atoms with Gasteiger partial charge in [-0.2, -0.15) is 0 Å². The summed E-state index contributed by atoms with van der Waals surface area (Å²) in [5.74, 6) is 0.931. The maximum Gasteiger partial charge on any atom is 0.129 e. The average Bonchev–Trinajstić information content (AvgIpc) is 2.22. The van der Waals surface area contributed by atoms with Gasteiger partial charge in [-0.25, -0.2) is 0 Å². The Morgan fingerprint density at radius 3 is 2.75 bits per heavy atom. The summed E-state index contributed by atoms with van der Waals surface area (Å²) in [7, 11) is 0. The molecule has 3 heteroatoms. The van der Waals surface area contributed by atoms with E-state index in [4.69, 9.17) is 4.74 Å². The molecule has 0 N–H and O–H groups in total. The van der Waals surface area contributed by atoms with Crippen molar-refractivity contribution < 1.29 is 4.74 Å². The summed E-state index contributed by atoms with van der Waals surface area (Å²) in [6, 6.07) is 6.18. The zero-order valence-corrected chi connectivity index (χ0v) is 11.8. The van der Waals surface area contributed by atoms with Gasteiger partial charge in [0.15, 0.2) is 0 Å². The van der Waals surface area contributed by atoms with Crippen LogP contribution in [0.2, 0.25) is 0 Å². The SMILES string of the molecule is CCOc1ccc(C)c2nc(C)cc(I)c12. The van der Waals surface area contributed by atoms with Gasteiger partial charge in [0.05, 0.1) is 17.5 Å². The number of aromatic nitrogens is 1. The normalized spacial score (nSPS) is 10.8. The molecule has 0 fully saturated rings. The summed E-state index contributed by atoms with van der Waals surface area (Å²) in [5, 5.41) is 1.13. The first kappa shape index (κ1) is 11.6. The largest absolute Gasteiger partial charge is 0.493 e. The Hall–Kier alpha value is -0.840. The van der Waals surface area contributed by atoms with Crippen LogP contribution in [0, 0.1) is 17.4 Å². The molecule has 0 aliphatic carbocycles. The summed E-state index contributed by atoms with van der Waals surface area (Å²) < 4.78 is 6.85. The van der Waals surface area contributed by atoms with Gasteiger partial charge in [0.25, 0.3) is 0 Å². The molecule has 0 radical (unpaired) electrons. The molecule has 1 aromatic carbocycles. The number of pyridine rings is 1. The fourth-order valence-corrected chi connectivity index (χ4v) is 2.76. The van der Waals surface area contributed by atoms with Crippen LogP contribution in [0.15, 0.2) is 18.2 Å². The van der Waals surface area contributed by atoms with Crippen molar-refractivity contribution in [1.29, 1.82) is 0 Å². The number of aryl methyl sites for hydroxylation is 2. The first-order valence-electron chi connectivity index (χ1n) is 5.32. The molecule has 2 aromatic rings. The number of rotatable bonds is 2. The van der Waals surface area contributed by atoms with Crippen molar-refractivity contribution in [3.8, 4) is 5.75 Å². The van der Waals surface area contributed by atoms with Gasteiger partial charge < -0.3 is 4.74 Å². The van der Waals surface area contributed by atoms with E-state index in [0.29, 0.717) is 6.61 Å². The molecule has 0 saturated heterocycles. The quantitative estimate of drug-likeness (QED) is 0.782. The highest BCUT2D eigenvalue weighted by Gasteiger charge is 2.10. The zero-order valence-electron chi connectivity index (χ0n) is 9.67. The number of fused-ring (bicyclic) bond motifs is 1. The van der Waals surface area contributed by atoms with E-state index in [1.54, 1.807) is 0 Å². The third kappa shape index (κ3) is 2.00. The Morgan fingerprint density at radius 2 is 2.06 bits per heavy atom. The fraction of sp³-hybridized carbons (Fsp3) is 0.308. The zero-order chi connectivity index (χ0) is 11.7. The van der Waals surface area contributed by atoms with Crippen molar-refractivity contribution >= 4 is 33.5 Å². The average molecular weight is 327 g/mol. The Balaban J connectivity index is 2.81. The predicted octanol–water partition coefficient (Wildman–Crippen LogP) is 3.85.